The highest BCUT2D eigenvalue weighted by Crippen LogP contribution is 2.26. The fraction of sp³-hybridized carbons (Fsp3) is 0.364. The number of carbonyl (C=O) groups excluding carboxylic acids is 2. The molecule has 0 heterocycles. The second-order valence-corrected chi connectivity index (χ2v) is 7.84. The van der Waals surface area contributed by atoms with E-state index in [0.717, 1.165) is 10.0 Å². The van der Waals surface area contributed by atoms with E-state index in [-0.39, 0.29) is 24.5 Å². The van der Waals surface area contributed by atoms with Crippen molar-refractivity contribution < 1.29 is 19.1 Å². The van der Waals surface area contributed by atoms with E-state index in [1.165, 1.54) is 4.90 Å². The van der Waals surface area contributed by atoms with Crippen molar-refractivity contribution in [1.82, 2.24) is 10.2 Å². The van der Waals surface area contributed by atoms with Crippen LogP contribution in [0.4, 0.5) is 0 Å². The van der Waals surface area contributed by atoms with Crippen LogP contribution in [0.3, 0.4) is 0 Å². The van der Waals surface area contributed by atoms with Crippen molar-refractivity contribution >= 4 is 27.7 Å². The SMILES string of the molecule is COc1ccccc1OCC(=O)N(Cc1ccc(Br)cc1)C(C)C(=O)NC(C)C. The molecular formula is C22H27BrN2O4. The van der Waals surface area contributed by atoms with Crippen LogP contribution in [0, 0.1) is 0 Å². The molecule has 2 rings (SSSR count). The van der Waals surface area contributed by atoms with Gasteiger partial charge in [-0.25, -0.2) is 0 Å². The van der Waals surface area contributed by atoms with E-state index in [2.05, 4.69) is 21.2 Å². The largest absolute Gasteiger partial charge is 0.493 e. The molecule has 0 fully saturated rings. The minimum absolute atomic E-state index is 0.0144. The zero-order valence-corrected chi connectivity index (χ0v) is 18.7. The summed E-state index contributed by atoms with van der Waals surface area (Å²) in [7, 11) is 1.54. The molecule has 6 nitrogen and oxygen atoms in total. The smallest absolute Gasteiger partial charge is 0.261 e. The van der Waals surface area contributed by atoms with Crippen LogP contribution in [0.1, 0.15) is 26.3 Å². The summed E-state index contributed by atoms with van der Waals surface area (Å²) < 4.78 is 11.9. The molecule has 0 radical (unpaired) electrons. The molecule has 29 heavy (non-hydrogen) atoms. The van der Waals surface area contributed by atoms with Crippen molar-refractivity contribution in [2.45, 2.75) is 39.4 Å². The fourth-order valence-corrected chi connectivity index (χ4v) is 3.00. The van der Waals surface area contributed by atoms with Gasteiger partial charge in [0.2, 0.25) is 5.91 Å². The molecule has 156 valence electrons. The fourth-order valence-electron chi connectivity index (χ4n) is 2.73. The third-order valence-electron chi connectivity index (χ3n) is 4.28. The molecule has 0 saturated heterocycles. The average molecular weight is 463 g/mol. The van der Waals surface area contributed by atoms with Gasteiger partial charge in [-0.2, -0.15) is 0 Å². The third-order valence-corrected chi connectivity index (χ3v) is 4.81. The molecule has 0 aliphatic heterocycles. The number of carbonyl (C=O) groups is 2. The van der Waals surface area contributed by atoms with E-state index in [4.69, 9.17) is 9.47 Å². The minimum Gasteiger partial charge on any atom is -0.493 e. The number of halogens is 1. The zero-order valence-electron chi connectivity index (χ0n) is 17.1. The highest BCUT2D eigenvalue weighted by molar-refractivity contribution is 9.10. The number of rotatable bonds is 9. The third kappa shape index (κ3) is 6.78. The predicted molar refractivity (Wildman–Crippen MR) is 116 cm³/mol. The van der Waals surface area contributed by atoms with Gasteiger partial charge in [-0.05, 0) is 50.6 Å². The van der Waals surface area contributed by atoms with Crippen LogP contribution >= 0.6 is 15.9 Å². The van der Waals surface area contributed by atoms with E-state index >= 15 is 0 Å². The molecule has 1 unspecified atom stereocenters. The lowest BCUT2D eigenvalue weighted by Gasteiger charge is -2.29. The summed E-state index contributed by atoms with van der Waals surface area (Å²) in [5.74, 6) is 0.532. The Hall–Kier alpha value is -2.54. The van der Waals surface area contributed by atoms with Gasteiger partial charge >= 0.3 is 0 Å². The lowest BCUT2D eigenvalue weighted by atomic mass is 10.1. The Balaban J connectivity index is 2.16. The molecule has 0 bridgehead atoms. The van der Waals surface area contributed by atoms with Crippen molar-refractivity contribution in [3.63, 3.8) is 0 Å². The van der Waals surface area contributed by atoms with Gasteiger partial charge in [0.05, 0.1) is 7.11 Å². The van der Waals surface area contributed by atoms with Crippen LogP contribution in [0.25, 0.3) is 0 Å². The Morgan fingerprint density at radius 1 is 1.03 bits per heavy atom. The summed E-state index contributed by atoms with van der Waals surface area (Å²) in [6.07, 6.45) is 0. The first-order valence-corrected chi connectivity index (χ1v) is 10.2. The number of hydrogen-bond donors (Lipinski definition) is 1. The molecule has 2 aromatic rings. The maximum atomic E-state index is 13.0. The molecule has 0 saturated carbocycles. The van der Waals surface area contributed by atoms with Gasteiger partial charge in [0.1, 0.15) is 6.04 Å². The van der Waals surface area contributed by atoms with Crippen LogP contribution in [-0.4, -0.2) is 42.5 Å². The maximum absolute atomic E-state index is 13.0. The van der Waals surface area contributed by atoms with E-state index in [0.29, 0.717) is 18.0 Å². The number of para-hydroxylation sites is 2. The number of methoxy groups -OCH3 is 1. The second kappa shape index (κ2) is 10.9. The molecule has 2 aromatic carbocycles. The van der Waals surface area contributed by atoms with Gasteiger partial charge in [-0.15, -0.1) is 0 Å². The molecular weight excluding hydrogens is 436 g/mol. The van der Waals surface area contributed by atoms with Crippen molar-refractivity contribution in [2.24, 2.45) is 0 Å². The standard InChI is InChI=1S/C22H27BrN2O4/c1-15(2)24-22(27)16(3)25(13-17-9-11-18(23)12-10-17)21(26)14-29-20-8-6-5-7-19(20)28-4/h5-12,15-16H,13-14H2,1-4H3,(H,24,27). The van der Waals surface area contributed by atoms with Crippen LogP contribution in [0.2, 0.25) is 0 Å². The van der Waals surface area contributed by atoms with Crippen molar-refractivity contribution in [3.05, 3.63) is 58.6 Å². The summed E-state index contributed by atoms with van der Waals surface area (Å²) in [6.45, 7) is 5.59. The van der Waals surface area contributed by atoms with Crippen molar-refractivity contribution in [1.29, 1.82) is 0 Å². The number of nitrogens with zero attached hydrogens (tertiary/aromatic N) is 1. The number of hydrogen-bond acceptors (Lipinski definition) is 4. The average Bonchev–Trinajstić information content (AvgIpc) is 2.70. The van der Waals surface area contributed by atoms with Gasteiger partial charge in [0.25, 0.3) is 5.91 Å². The monoisotopic (exact) mass is 462 g/mol. The van der Waals surface area contributed by atoms with Crippen LogP contribution in [0.5, 0.6) is 11.5 Å². The molecule has 0 spiro atoms. The maximum Gasteiger partial charge on any atom is 0.261 e. The summed E-state index contributed by atoms with van der Waals surface area (Å²) in [4.78, 5) is 27.1. The van der Waals surface area contributed by atoms with Gasteiger partial charge in [0, 0.05) is 17.1 Å². The molecule has 1 N–H and O–H groups in total. The predicted octanol–water partition coefficient (Wildman–Crippen LogP) is 3.78. The summed E-state index contributed by atoms with van der Waals surface area (Å²) in [5.41, 5.74) is 0.919. The van der Waals surface area contributed by atoms with E-state index in [9.17, 15) is 9.59 Å². The van der Waals surface area contributed by atoms with Gasteiger partial charge in [0.15, 0.2) is 18.1 Å². The highest BCUT2D eigenvalue weighted by Gasteiger charge is 2.27. The summed E-state index contributed by atoms with van der Waals surface area (Å²) in [6, 6.07) is 14.1. The zero-order chi connectivity index (χ0) is 21.4. The number of amides is 2. The molecule has 0 aliphatic rings. The van der Waals surface area contributed by atoms with Crippen LogP contribution in [-0.2, 0) is 16.1 Å². The Morgan fingerprint density at radius 2 is 1.66 bits per heavy atom. The van der Waals surface area contributed by atoms with Gasteiger partial charge < -0.3 is 19.7 Å². The Labute approximate surface area is 180 Å². The Bertz CT molecular complexity index is 824. The van der Waals surface area contributed by atoms with Crippen molar-refractivity contribution in [3.8, 4) is 11.5 Å². The lowest BCUT2D eigenvalue weighted by molar-refractivity contribution is -0.142. The lowest BCUT2D eigenvalue weighted by Crippen LogP contribution is -2.50. The van der Waals surface area contributed by atoms with E-state index < -0.39 is 6.04 Å². The molecule has 1 atom stereocenters. The number of nitrogens with one attached hydrogen (secondary N) is 1. The minimum atomic E-state index is -0.644. The number of ether oxygens (including phenoxy) is 2. The summed E-state index contributed by atoms with van der Waals surface area (Å²) >= 11 is 3.41. The molecule has 7 heteroatoms. The topological polar surface area (TPSA) is 67.9 Å². The first-order chi connectivity index (χ1) is 13.8. The molecule has 2 amide bonds. The van der Waals surface area contributed by atoms with Gasteiger partial charge in [-0.3, -0.25) is 9.59 Å². The van der Waals surface area contributed by atoms with Crippen LogP contribution in [0.15, 0.2) is 53.0 Å². The van der Waals surface area contributed by atoms with Gasteiger partial charge in [-0.1, -0.05) is 40.2 Å². The van der Waals surface area contributed by atoms with Crippen LogP contribution < -0.4 is 14.8 Å². The second-order valence-electron chi connectivity index (χ2n) is 6.93. The highest BCUT2D eigenvalue weighted by atomic mass is 79.9. The normalized spacial score (nSPS) is 11.7. The number of benzene rings is 2. The first-order valence-electron chi connectivity index (χ1n) is 9.42. The van der Waals surface area contributed by atoms with Crippen molar-refractivity contribution in [2.75, 3.05) is 13.7 Å². The van der Waals surface area contributed by atoms with E-state index in [1.54, 1.807) is 32.2 Å². The van der Waals surface area contributed by atoms with E-state index in [1.807, 2.05) is 44.2 Å². The summed E-state index contributed by atoms with van der Waals surface area (Å²) in [5, 5.41) is 2.86. The molecule has 0 aromatic heterocycles. The first kappa shape index (κ1) is 22.7. The quantitative estimate of drug-likeness (QED) is 0.615. The molecule has 0 aliphatic carbocycles. The Morgan fingerprint density at radius 3 is 2.24 bits per heavy atom. The Kier molecular flexibility index (Phi) is 8.51.